The molecule has 1 atom stereocenters. The number of piperidine rings is 1. The first-order valence-electron chi connectivity index (χ1n) is 6.28. The summed E-state index contributed by atoms with van der Waals surface area (Å²) < 4.78 is 13.8. The van der Waals surface area contributed by atoms with Crippen LogP contribution in [0.3, 0.4) is 0 Å². The Balaban J connectivity index is 2.01. The van der Waals surface area contributed by atoms with Crippen molar-refractivity contribution in [1.29, 1.82) is 0 Å². The number of nitrogens with one attached hydrogen (secondary N) is 2. The van der Waals surface area contributed by atoms with Crippen LogP contribution in [-0.4, -0.2) is 23.9 Å². The third-order valence-corrected chi connectivity index (χ3v) is 3.59. The number of carbonyl (C=O) groups is 1. The average Bonchev–Trinajstić information content (AvgIpc) is 2.84. The Morgan fingerprint density at radius 2 is 2.28 bits per heavy atom. The minimum atomic E-state index is -0.333. The molecule has 0 spiro atoms. The smallest absolute Gasteiger partial charge is 0.169 e. The Hall–Kier alpha value is -1.68. The van der Waals surface area contributed by atoms with Gasteiger partial charge in [0.05, 0.1) is 0 Å². The molecule has 1 aromatic carbocycles. The zero-order valence-corrected chi connectivity index (χ0v) is 10.0. The van der Waals surface area contributed by atoms with Crippen molar-refractivity contribution in [3.63, 3.8) is 0 Å². The zero-order valence-electron chi connectivity index (χ0n) is 10.0. The van der Waals surface area contributed by atoms with Gasteiger partial charge in [0.2, 0.25) is 0 Å². The zero-order chi connectivity index (χ0) is 12.5. The molecule has 1 unspecified atom stereocenters. The second-order valence-corrected chi connectivity index (χ2v) is 4.77. The van der Waals surface area contributed by atoms with Gasteiger partial charge in [-0.25, -0.2) is 4.39 Å². The van der Waals surface area contributed by atoms with Gasteiger partial charge in [-0.1, -0.05) is 6.07 Å². The molecule has 2 heterocycles. The largest absolute Gasteiger partial charge is 0.360 e. The van der Waals surface area contributed by atoms with Crippen LogP contribution in [0, 0.1) is 11.7 Å². The fourth-order valence-corrected chi connectivity index (χ4v) is 2.63. The summed E-state index contributed by atoms with van der Waals surface area (Å²) in [6.45, 7) is 1.66. The fraction of sp³-hybridized carbons (Fsp3) is 0.357. The molecular weight excluding hydrogens is 231 g/mol. The summed E-state index contributed by atoms with van der Waals surface area (Å²) in [5, 5.41) is 3.64. The summed E-state index contributed by atoms with van der Waals surface area (Å²) in [5.74, 6) is -0.322. The monoisotopic (exact) mass is 246 g/mol. The van der Waals surface area contributed by atoms with E-state index in [1.165, 1.54) is 6.07 Å². The van der Waals surface area contributed by atoms with Crippen molar-refractivity contribution >= 4 is 16.7 Å². The molecule has 4 heteroatoms. The van der Waals surface area contributed by atoms with E-state index in [0.717, 1.165) is 19.4 Å². The summed E-state index contributed by atoms with van der Waals surface area (Å²) in [5.41, 5.74) is 1.17. The maximum Gasteiger partial charge on any atom is 0.169 e. The molecule has 3 nitrogen and oxygen atoms in total. The standard InChI is InChI=1S/C14H15FN2O/c15-11-4-1-5-12-13(11)10(8-17-12)14(18)9-3-2-6-16-7-9/h1,4-5,8-9,16-17H,2-3,6-7H2. The molecule has 0 aliphatic carbocycles. The topological polar surface area (TPSA) is 44.9 Å². The van der Waals surface area contributed by atoms with Gasteiger partial charge in [-0.05, 0) is 31.5 Å². The van der Waals surface area contributed by atoms with Gasteiger partial charge in [0.25, 0.3) is 0 Å². The van der Waals surface area contributed by atoms with Gasteiger partial charge in [-0.2, -0.15) is 0 Å². The van der Waals surface area contributed by atoms with Crippen LogP contribution in [0.5, 0.6) is 0 Å². The number of halogens is 1. The summed E-state index contributed by atoms with van der Waals surface area (Å²) >= 11 is 0. The Labute approximate surface area is 104 Å². The SMILES string of the molecule is O=C(c1c[nH]c2cccc(F)c12)C1CCCNC1. The summed E-state index contributed by atoms with van der Waals surface area (Å²) in [6.07, 6.45) is 3.51. The maximum absolute atomic E-state index is 13.8. The first kappa shape index (κ1) is 11.4. The Morgan fingerprint density at radius 1 is 1.39 bits per heavy atom. The predicted molar refractivity (Wildman–Crippen MR) is 68.2 cm³/mol. The molecule has 18 heavy (non-hydrogen) atoms. The highest BCUT2D eigenvalue weighted by atomic mass is 19.1. The highest BCUT2D eigenvalue weighted by molar-refractivity contribution is 6.09. The van der Waals surface area contributed by atoms with E-state index in [1.807, 2.05) is 0 Å². The van der Waals surface area contributed by atoms with Gasteiger partial charge in [0.15, 0.2) is 5.78 Å². The van der Waals surface area contributed by atoms with E-state index in [2.05, 4.69) is 10.3 Å². The van der Waals surface area contributed by atoms with Crippen LogP contribution in [0.4, 0.5) is 4.39 Å². The number of hydrogen-bond acceptors (Lipinski definition) is 2. The van der Waals surface area contributed by atoms with E-state index >= 15 is 0 Å². The van der Waals surface area contributed by atoms with E-state index in [-0.39, 0.29) is 17.5 Å². The number of aromatic nitrogens is 1. The lowest BCUT2D eigenvalue weighted by molar-refractivity contribution is 0.0901. The van der Waals surface area contributed by atoms with Crippen molar-refractivity contribution < 1.29 is 9.18 Å². The molecule has 1 aliphatic heterocycles. The molecule has 1 fully saturated rings. The quantitative estimate of drug-likeness (QED) is 0.800. The van der Waals surface area contributed by atoms with Crippen molar-refractivity contribution in [2.75, 3.05) is 13.1 Å². The third-order valence-electron chi connectivity index (χ3n) is 3.59. The second-order valence-electron chi connectivity index (χ2n) is 4.77. The number of rotatable bonds is 2. The highest BCUT2D eigenvalue weighted by Crippen LogP contribution is 2.25. The van der Waals surface area contributed by atoms with E-state index in [4.69, 9.17) is 0 Å². The molecule has 2 aromatic rings. The number of hydrogen-bond donors (Lipinski definition) is 2. The number of benzene rings is 1. The summed E-state index contributed by atoms with van der Waals surface area (Å²) in [4.78, 5) is 15.4. The maximum atomic E-state index is 13.8. The van der Waals surface area contributed by atoms with Crippen LogP contribution in [0.1, 0.15) is 23.2 Å². The molecule has 0 saturated carbocycles. The van der Waals surface area contributed by atoms with Crippen molar-refractivity contribution in [3.8, 4) is 0 Å². The van der Waals surface area contributed by atoms with Crippen LogP contribution in [0.25, 0.3) is 10.9 Å². The van der Waals surface area contributed by atoms with Gasteiger partial charge in [0.1, 0.15) is 5.82 Å². The van der Waals surface area contributed by atoms with Crippen LogP contribution in [0.15, 0.2) is 24.4 Å². The van der Waals surface area contributed by atoms with Gasteiger partial charge < -0.3 is 10.3 Å². The molecule has 0 amide bonds. The van der Waals surface area contributed by atoms with Crippen LogP contribution in [0.2, 0.25) is 0 Å². The minimum Gasteiger partial charge on any atom is -0.360 e. The molecule has 94 valence electrons. The minimum absolute atomic E-state index is 0.0302. The molecule has 1 aromatic heterocycles. The van der Waals surface area contributed by atoms with Crippen molar-refractivity contribution in [2.45, 2.75) is 12.8 Å². The first-order chi connectivity index (χ1) is 8.77. The second kappa shape index (κ2) is 4.53. The van der Waals surface area contributed by atoms with Gasteiger partial charge in [-0.15, -0.1) is 0 Å². The Kier molecular flexibility index (Phi) is 2.88. The molecule has 1 saturated heterocycles. The Morgan fingerprint density at radius 3 is 3.06 bits per heavy atom. The van der Waals surface area contributed by atoms with Crippen LogP contribution >= 0.6 is 0 Å². The lowest BCUT2D eigenvalue weighted by Gasteiger charge is -2.21. The fourth-order valence-electron chi connectivity index (χ4n) is 2.63. The number of carbonyl (C=O) groups excluding carboxylic acids is 1. The summed E-state index contributed by atoms with van der Waals surface area (Å²) in [7, 11) is 0. The van der Waals surface area contributed by atoms with Crippen molar-refractivity contribution in [1.82, 2.24) is 10.3 Å². The molecule has 1 aliphatic rings. The molecule has 0 bridgehead atoms. The van der Waals surface area contributed by atoms with Crippen molar-refractivity contribution in [2.24, 2.45) is 5.92 Å². The van der Waals surface area contributed by atoms with Crippen molar-refractivity contribution in [3.05, 3.63) is 35.8 Å². The van der Waals surface area contributed by atoms with Crippen LogP contribution in [-0.2, 0) is 0 Å². The average molecular weight is 246 g/mol. The van der Waals surface area contributed by atoms with E-state index in [1.54, 1.807) is 18.3 Å². The van der Waals surface area contributed by atoms with E-state index in [9.17, 15) is 9.18 Å². The van der Waals surface area contributed by atoms with Gasteiger partial charge in [0, 0.05) is 35.1 Å². The Bertz CT molecular complexity index is 584. The molecule has 0 radical (unpaired) electrons. The van der Waals surface area contributed by atoms with Gasteiger partial charge in [-0.3, -0.25) is 4.79 Å². The lowest BCUT2D eigenvalue weighted by atomic mass is 9.91. The summed E-state index contributed by atoms with van der Waals surface area (Å²) in [6, 6.07) is 4.82. The van der Waals surface area contributed by atoms with Gasteiger partial charge >= 0.3 is 0 Å². The normalized spacial score (nSPS) is 20.2. The molecule has 2 N–H and O–H groups in total. The number of H-pyrrole nitrogens is 1. The predicted octanol–water partition coefficient (Wildman–Crippen LogP) is 2.49. The van der Waals surface area contributed by atoms with E-state index < -0.39 is 0 Å². The number of aromatic amines is 1. The van der Waals surface area contributed by atoms with E-state index in [0.29, 0.717) is 23.0 Å². The number of ketones is 1. The lowest BCUT2D eigenvalue weighted by Crippen LogP contribution is -2.34. The number of Topliss-reactive ketones (excluding diaryl/α,β-unsaturated/α-hetero) is 1. The highest BCUT2D eigenvalue weighted by Gasteiger charge is 2.25. The third kappa shape index (κ3) is 1.82. The molecular formula is C14H15FN2O. The first-order valence-corrected chi connectivity index (χ1v) is 6.28. The molecule has 3 rings (SSSR count). The van der Waals surface area contributed by atoms with Crippen LogP contribution < -0.4 is 5.32 Å². The number of fused-ring (bicyclic) bond motifs is 1.